The second-order valence-corrected chi connectivity index (χ2v) is 11.7. The van der Waals surface area contributed by atoms with Gasteiger partial charge in [0.05, 0.1) is 36.1 Å². The Balaban J connectivity index is 2.28. The number of amides is 2. The largest absolute Gasteiger partial charge is 0.431 e. The number of halogens is 5. The number of hydrogen-bond donors (Lipinski definition) is 1. The third kappa shape index (κ3) is 4.95. The molecule has 0 bridgehead atoms. The molecule has 1 fully saturated rings. The molecule has 1 aliphatic heterocycles. The number of nitrogens with zero attached hydrogens (tertiary/aromatic N) is 4. The van der Waals surface area contributed by atoms with Gasteiger partial charge in [0.1, 0.15) is 16.8 Å². The minimum Gasteiger partial charge on any atom is -0.370 e. The molecule has 1 aliphatic rings. The van der Waals surface area contributed by atoms with Crippen LogP contribution in [0.5, 0.6) is 0 Å². The standard InChI is InChI=1S/C19H16ClF4N5O6S2/c1-27-13(19(22,23)24)7-15(31)28(18(27)33)11-5-10(8(20)4-9(11)21)26-17-29(2,37(3,34)35)16(32)12(36-17)6-14(25)30/h4-5,7,12H,6H2,1-3H3,(H-,25,30)/p+1. The van der Waals surface area contributed by atoms with Gasteiger partial charge in [-0.25, -0.2) is 18.5 Å². The maximum absolute atomic E-state index is 14.8. The van der Waals surface area contributed by atoms with Gasteiger partial charge in [0.2, 0.25) is 5.91 Å². The maximum atomic E-state index is 14.8. The topological polar surface area (TPSA) is 151 Å². The van der Waals surface area contributed by atoms with Crippen molar-refractivity contribution in [1.82, 2.24) is 9.13 Å². The second-order valence-electron chi connectivity index (χ2n) is 7.96. The van der Waals surface area contributed by atoms with Crippen LogP contribution in [0.4, 0.5) is 23.2 Å². The van der Waals surface area contributed by atoms with E-state index in [2.05, 4.69) is 4.99 Å². The number of benzene rings is 1. The molecule has 2 aromatic rings. The highest BCUT2D eigenvalue weighted by Gasteiger charge is 2.59. The van der Waals surface area contributed by atoms with Crippen LogP contribution in [0.2, 0.25) is 5.02 Å². The molecule has 1 aromatic carbocycles. The van der Waals surface area contributed by atoms with E-state index in [-0.39, 0.29) is 15.2 Å². The second kappa shape index (κ2) is 9.38. The molecule has 1 saturated heterocycles. The van der Waals surface area contributed by atoms with Crippen LogP contribution in [0.3, 0.4) is 0 Å². The molecular formula is C19H17ClF4N5O6S2+. The Labute approximate surface area is 214 Å². The molecule has 2 heterocycles. The fourth-order valence-corrected chi connectivity index (χ4v) is 6.22. The highest BCUT2D eigenvalue weighted by molar-refractivity contribution is 8.16. The molecule has 18 heteroatoms. The number of amidine groups is 1. The number of nitrogens with two attached hydrogens (primary N) is 1. The van der Waals surface area contributed by atoms with Gasteiger partial charge in [-0.1, -0.05) is 11.6 Å². The summed E-state index contributed by atoms with van der Waals surface area (Å²) in [4.78, 5) is 53.3. The summed E-state index contributed by atoms with van der Waals surface area (Å²) in [5, 5.41) is -2.10. The molecule has 2 amide bonds. The molecule has 37 heavy (non-hydrogen) atoms. The van der Waals surface area contributed by atoms with Crippen LogP contribution in [0.25, 0.3) is 5.69 Å². The zero-order chi connectivity index (χ0) is 28.2. The lowest BCUT2D eigenvalue weighted by Crippen LogP contribution is -2.54. The number of thioether (sulfide) groups is 1. The van der Waals surface area contributed by atoms with E-state index in [9.17, 15) is 45.2 Å². The first-order chi connectivity index (χ1) is 16.8. The minimum absolute atomic E-state index is 0.0958. The summed E-state index contributed by atoms with van der Waals surface area (Å²) in [5.41, 5.74) is -0.746. The number of hydrogen-bond acceptors (Lipinski definition) is 8. The molecule has 1 aromatic heterocycles. The van der Waals surface area contributed by atoms with Crippen molar-refractivity contribution in [3.8, 4) is 5.69 Å². The smallest absolute Gasteiger partial charge is 0.370 e. The van der Waals surface area contributed by atoms with Crippen LogP contribution in [-0.4, -0.2) is 57.0 Å². The van der Waals surface area contributed by atoms with E-state index in [0.717, 1.165) is 26.4 Å². The number of quaternary nitrogens is 1. The number of aliphatic imine (C=N–C) groups is 1. The number of aromatic nitrogens is 2. The quantitative estimate of drug-likeness (QED) is 0.409. The van der Waals surface area contributed by atoms with Gasteiger partial charge < -0.3 is 5.73 Å². The minimum atomic E-state index is -5.05. The molecule has 2 N–H and O–H groups in total. The van der Waals surface area contributed by atoms with E-state index < -0.39 is 87.9 Å². The Morgan fingerprint density at radius 3 is 2.35 bits per heavy atom. The van der Waals surface area contributed by atoms with Gasteiger partial charge in [-0.3, -0.25) is 14.2 Å². The van der Waals surface area contributed by atoms with Crippen molar-refractivity contribution in [1.29, 1.82) is 0 Å². The number of sulfonamides is 1. The van der Waals surface area contributed by atoms with Crippen LogP contribution in [0.15, 0.2) is 32.8 Å². The summed E-state index contributed by atoms with van der Waals surface area (Å²) in [6.45, 7) is 0. The Hall–Kier alpha value is -3.02. The molecular weight excluding hydrogens is 570 g/mol. The number of carbonyl (C=O) groups is 2. The van der Waals surface area contributed by atoms with E-state index in [1.807, 2.05) is 0 Å². The number of rotatable bonds is 5. The first-order valence-electron chi connectivity index (χ1n) is 9.85. The van der Waals surface area contributed by atoms with E-state index >= 15 is 0 Å². The van der Waals surface area contributed by atoms with Gasteiger partial charge >= 0.3 is 27.8 Å². The van der Waals surface area contributed by atoms with Crippen LogP contribution < -0.4 is 17.0 Å². The van der Waals surface area contributed by atoms with E-state index in [4.69, 9.17) is 17.3 Å². The average Bonchev–Trinajstić information content (AvgIpc) is 2.97. The number of carbonyl (C=O) groups excluding carboxylic acids is 2. The monoisotopic (exact) mass is 586 g/mol. The van der Waals surface area contributed by atoms with Gasteiger partial charge in [0.15, 0.2) is 0 Å². The van der Waals surface area contributed by atoms with Gasteiger partial charge in [0, 0.05) is 13.1 Å². The lowest BCUT2D eigenvalue weighted by atomic mass is 10.2. The summed E-state index contributed by atoms with van der Waals surface area (Å²) in [6, 6.07) is 1.44. The maximum Gasteiger partial charge on any atom is 0.431 e. The molecule has 11 nitrogen and oxygen atoms in total. The van der Waals surface area contributed by atoms with Crippen LogP contribution in [-0.2, 0) is 32.8 Å². The highest BCUT2D eigenvalue weighted by atomic mass is 35.5. The summed E-state index contributed by atoms with van der Waals surface area (Å²) in [6.07, 6.45) is -4.84. The first-order valence-corrected chi connectivity index (χ1v) is 13.0. The number of primary amides is 1. The Morgan fingerprint density at radius 1 is 1.24 bits per heavy atom. The summed E-state index contributed by atoms with van der Waals surface area (Å²) in [7, 11) is -2.55. The van der Waals surface area contributed by atoms with E-state index in [0.29, 0.717) is 17.8 Å². The van der Waals surface area contributed by atoms with Gasteiger partial charge in [0.25, 0.3) is 10.7 Å². The third-order valence-electron chi connectivity index (χ3n) is 5.44. The summed E-state index contributed by atoms with van der Waals surface area (Å²) >= 11 is 6.62. The summed E-state index contributed by atoms with van der Waals surface area (Å²) in [5.74, 6) is -3.13. The van der Waals surface area contributed by atoms with Crippen molar-refractivity contribution in [2.24, 2.45) is 17.8 Å². The Kier molecular flexibility index (Phi) is 7.23. The fraction of sp³-hybridized carbons (Fsp3) is 0.316. The molecule has 0 radical (unpaired) electrons. The van der Waals surface area contributed by atoms with Crippen molar-refractivity contribution in [3.05, 3.63) is 55.6 Å². The molecule has 2 unspecified atom stereocenters. The van der Waals surface area contributed by atoms with Crippen LogP contribution >= 0.6 is 23.4 Å². The van der Waals surface area contributed by atoms with Crippen LogP contribution in [0, 0.1) is 5.82 Å². The van der Waals surface area contributed by atoms with Gasteiger partial charge in [-0.15, -0.1) is 3.89 Å². The predicted octanol–water partition coefficient (Wildman–Crippen LogP) is 1.26. The lowest BCUT2D eigenvalue weighted by molar-refractivity contribution is -0.594. The molecule has 0 aliphatic carbocycles. The van der Waals surface area contributed by atoms with Crippen molar-refractivity contribution >= 4 is 56.1 Å². The van der Waals surface area contributed by atoms with Gasteiger partial charge in [-0.2, -0.15) is 26.6 Å². The van der Waals surface area contributed by atoms with Crippen molar-refractivity contribution in [2.45, 2.75) is 17.8 Å². The van der Waals surface area contributed by atoms with E-state index in [1.165, 1.54) is 0 Å². The van der Waals surface area contributed by atoms with Crippen molar-refractivity contribution in [3.63, 3.8) is 0 Å². The SMILES string of the molecule is Cn1c(C(F)(F)F)cc(=O)n(-c2cc(N=C3SC(CC(N)=O)C(=O)[N+]3(C)S(C)(=O)=O)c(Cl)cc2F)c1=O. The van der Waals surface area contributed by atoms with Crippen LogP contribution in [0.1, 0.15) is 12.1 Å². The fourth-order valence-electron chi connectivity index (χ4n) is 3.39. The number of alkyl halides is 3. The van der Waals surface area contributed by atoms with Crippen molar-refractivity contribution in [2.75, 3.05) is 13.3 Å². The predicted molar refractivity (Wildman–Crippen MR) is 126 cm³/mol. The highest BCUT2D eigenvalue weighted by Crippen LogP contribution is 2.40. The average molecular weight is 587 g/mol. The normalized spacial score (nSPS) is 21.6. The molecule has 3 rings (SSSR count). The molecule has 0 spiro atoms. The van der Waals surface area contributed by atoms with Crippen molar-refractivity contribution < 1.29 is 39.5 Å². The lowest BCUT2D eigenvalue weighted by Gasteiger charge is -2.22. The summed E-state index contributed by atoms with van der Waals surface area (Å²) < 4.78 is 78.1. The third-order valence-corrected chi connectivity index (χ3v) is 8.86. The van der Waals surface area contributed by atoms with E-state index in [1.54, 1.807) is 0 Å². The Bertz CT molecular complexity index is 1600. The molecule has 0 saturated carbocycles. The van der Waals surface area contributed by atoms with Gasteiger partial charge in [-0.05, 0) is 23.9 Å². The Morgan fingerprint density at radius 2 is 1.84 bits per heavy atom. The zero-order valence-electron chi connectivity index (χ0n) is 19.0. The molecule has 2 atom stereocenters. The first kappa shape index (κ1) is 28.5. The zero-order valence-corrected chi connectivity index (χ0v) is 21.4. The molecule has 200 valence electrons.